The van der Waals surface area contributed by atoms with Gasteiger partial charge in [0.05, 0.1) is 0 Å². The Balaban J connectivity index is 3.18. The van der Waals surface area contributed by atoms with Crippen molar-refractivity contribution in [1.82, 2.24) is 0 Å². The third kappa shape index (κ3) is 4.79. The largest absolute Gasteiger partial charge is 0.396 e. The Bertz CT molecular complexity index is 50.9. The Labute approximate surface area is 61.8 Å². The van der Waals surface area contributed by atoms with Crippen LogP contribution >= 0.6 is 11.8 Å². The van der Waals surface area contributed by atoms with Gasteiger partial charge in [0.25, 0.3) is 0 Å². The van der Waals surface area contributed by atoms with Crippen LogP contribution in [0.2, 0.25) is 0 Å². The molecule has 0 bridgehead atoms. The average Bonchev–Trinajstić information content (AvgIpc) is 1.88. The minimum atomic E-state index is 0.339. The predicted octanol–water partition coefficient (Wildman–Crippen LogP) is 1.90. The Kier molecular flexibility index (Phi) is 6.65. The van der Waals surface area contributed by atoms with Crippen LogP contribution in [0.3, 0.4) is 0 Å². The van der Waals surface area contributed by atoms with Gasteiger partial charge in [-0.2, -0.15) is 11.8 Å². The summed E-state index contributed by atoms with van der Waals surface area (Å²) in [5.74, 6) is 0. The van der Waals surface area contributed by atoms with E-state index in [0.717, 1.165) is 6.42 Å². The topological polar surface area (TPSA) is 20.2 Å². The molecule has 2 heteroatoms. The molecular weight excluding hydrogens is 132 g/mol. The van der Waals surface area contributed by atoms with Crippen molar-refractivity contribution in [2.45, 2.75) is 31.4 Å². The molecule has 0 aromatic heterocycles. The lowest BCUT2D eigenvalue weighted by Crippen LogP contribution is -2.03. The number of rotatable bonds is 5. The zero-order valence-electron chi connectivity index (χ0n) is 6.26. The van der Waals surface area contributed by atoms with Gasteiger partial charge in [0.1, 0.15) is 0 Å². The fourth-order valence-corrected chi connectivity index (χ4v) is 1.66. The summed E-state index contributed by atoms with van der Waals surface area (Å²) in [7, 11) is 0. The van der Waals surface area contributed by atoms with Crippen molar-refractivity contribution in [2.75, 3.05) is 12.9 Å². The van der Waals surface area contributed by atoms with Gasteiger partial charge in [0, 0.05) is 11.9 Å². The summed E-state index contributed by atoms with van der Waals surface area (Å²) in [5, 5.41) is 9.26. The summed E-state index contributed by atoms with van der Waals surface area (Å²) in [6, 6.07) is 0. The van der Waals surface area contributed by atoms with E-state index in [1.54, 1.807) is 0 Å². The zero-order chi connectivity index (χ0) is 7.11. The quantitative estimate of drug-likeness (QED) is 0.642. The molecule has 0 aliphatic carbocycles. The molecule has 0 heterocycles. The number of hydrogen-bond acceptors (Lipinski definition) is 2. The highest BCUT2D eigenvalue weighted by Gasteiger charge is 2.02. The molecule has 0 amide bonds. The molecule has 1 N–H and O–H groups in total. The lowest BCUT2D eigenvalue weighted by Gasteiger charge is -2.09. The van der Waals surface area contributed by atoms with Gasteiger partial charge in [-0.25, -0.2) is 0 Å². The molecule has 0 fully saturated rings. The molecule has 0 radical (unpaired) electrons. The van der Waals surface area contributed by atoms with Crippen LogP contribution in [0.4, 0.5) is 0 Å². The van der Waals surface area contributed by atoms with Crippen LogP contribution in [0.25, 0.3) is 0 Å². The van der Waals surface area contributed by atoms with E-state index in [9.17, 15) is 0 Å². The smallest absolute Gasteiger partial charge is 0.0441 e. The highest BCUT2D eigenvalue weighted by molar-refractivity contribution is 7.99. The normalized spacial score (nSPS) is 13.7. The molecule has 0 aliphatic heterocycles. The highest BCUT2D eigenvalue weighted by Crippen LogP contribution is 2.15. The Morgan fingerprint density at radius 1 is 1.44 bits per heavy atom. The van der Waals surface area contributed by atoms with Crippen LogP contribution in [0.5, 0.6) is 0 Å². The molecule has 0 spiro atoms. The van der Waals surface area contributed by atoms with Crippen LogP contribution in [0, 0.1) is 0 Å². The number of aliphatic hydroxyl groups is 1. The van der Waals surface area contributed by atoms with E-state index >= 15 is 0 Å². The number of thioether (sulfide) groups is 1. The molecule has 0 saturated carbocycles. The van der Waals surface area contributed by atoms with Crippen LogP contribution < -0.4 is 0 Å². The van der Waals surface area contributed by atoms with Gasteiger partial charge in [-0.15, -0.1) is 0 Å². The maximum Gasteiger partial charge on any atom is 0.0441 e. The summed E-state index contributed by atoms with van der Waals surface area (Å²) in [6.07, 6.45) is 5.53. The molecule has 0 rings (SSSR count). The van der Waals surface area contributed by atoms with Gasteiger partial charge >= 0.3 is 0 Å². The molecule has 0 saturated heterocycles. The third-order valence-electron chi connectivity index (χ3n) is 1.40. The summed E-state index contributed by atoms with van der Waals surface area (Å²) in [6.45, 7) is 2.52. The van der Waals surface area contributed by atoms with Gasteiger partial charge in [-0.3, -0.25) is 0 Å². The van der Waals surface area contributed by atoms with Gasteiger partial charge < -0.3 is 5.11 Å². The van der Waals surface area contributed by atoms with E-state index in [-0.39, 0.29) is 0 Å². The van der Waals surface area contributed by atoms with Gasteiger partial charge in [0.15, 0.2) is 0 Å². The first-order valence-electron chi connectivity index (χ1n) is 3.48. The van der Waals surface area contributed by atoms with E-state index in [0.29, 0.717) is 11.9 Å². The maximum absolute atomic E-state index is 8.58. The van der Waals surface area contributed by atoms with E-state index < -0.39 is 0 Å². The molecule has 1 nitrogen and oxygen atoms in total. The van der Waals surface area contributed by atoms with Crippen molar-refractivity contribution in [3.05, 3.63) is 0 Å². The van der Waals surface area contributed by atoms with E-state index in [1.807, 2.05) is 11.8 Å². The fraction of sp³-hybridized carbons (Fsp3) is 1.00. The summed E-state index contributed by atoms with van der Waals surface area (Å²) in [4.78, 5) is 0. The summed E-state index contributed by atoms with van der Waals surface area (Å²) in [5.41, 5.74) is 0. The first kappa shape index (κ1) is 9.31. The van der Waals surface area contributed by atoms with Gasteiger partial charge in [0.2, 0.25) is 0 Å². The molecule has 1 unspecified atom stereocenters. The molecular formula is C7H16OS. The second kappa shape index (κ2) is 6.43. The minimum Gasteiger partial charge on any atom is -0.396 e. The van der Waals surface area contributed by atoms with Crippen molar-refractivity contribution in [3.8, 4) is 0 Å². The Morgan fingerprint density at radius 2 is 2.11 bits per heavy atom. The van der Waals surface area contributed by atoms with E-state index in [4.69, 9.17) is 5.11 Å². The Morgan fingerprint density at radius 3 is 2.44 bits per heavy atom. The number of aliphatic hydroxyl groups excluding tert-OH is 1. The number of hydrogen-bond donors (Lipinski definition) is 1. The van der Waals surface area contributed by atoms with E-state index in [1.165, 1.54) is 12.8 Å². The molecule has 0 aliphatic rings. The van der Waals surface area contributed by atoms with Gasteiger partial charge in [-0.1, -0.05) is 13.3 Å². The molecule has 0 aromatic rings. The lowest BCUT2D eigenvalue weighted by atomic mass is 10.2. The highest BCUT2D eigenvalue weighted by atomic mass is 32.2. The molecule has 56 valence electrons. The first-order chi connectivity index (χ1) is 4.35. The van der Waals surface area contributed by atoms with Crippen LogP contribution in [-0.2, 0) is 0 Å². The van der Waals surface area contributed by atoms with Crippen LogP contribution in [-0.4, -0.2) is 23.2 Å². The zero-order valence-corrected chi connectivity index (χ0v) is 7.08. The second-order valence-electron chi connectivity index (χ2n) is 2.16. The lowest BCUT2D eigenvalue weighted by molar-refractivity contribution is 0.285. The van der Waals surface area contributed by atoms with Crippen molar-refractivity contribution in [2.24, 2.45) is 0 Å². The summed E-state index contributed by atoms with van der Waals surface area (Å²) < 4.78 is 0. The molecule has 1 atom stereocenters. The van der Waals surface area contributed by atoms with E-state index in [2.05, 4.69) is 13.2 Å². The van der Waals surface area contributed by atoms with Gasteiger partial charge in [-0.05, 0) is 19.1 Å². The molecule has 0 aromatic carbocycles. The van der Waals surface area contributed by atoms with Crippen molar-refractivity contribution < 1.29 is 5.11 Å². The second-order valence-corrected chi connectivity index (χ2v) is 3.30. The maximum atomic E-state index is 8.58. The standard InChI is InChI=1S/C7H16OS/c1-3-4-7(9-2)5-6-8/h7-8H,3-6H2,1-2H3. The van der Waals surface area contributed by atoms with Crippen molar-refractivity contribution >= 4 is 11.8 Å². The Hall–Kier alpha value is 0.310. The minimum absolute atomic E-state index is 0.339. The van der Waals surface area contributed by atoms with Crippen LogP contribution in [0.15, 0.2) is 0 Å². The van der Waals surface area contributed by atoms with Crippen molar-refractivity contribution in [1.29, 1.82) is 0 Å². The first-order valence-corrected chi connectivity index (χ1v) is 4.77. The predicted molar refractivity (Wildman–Crippen MR) is 43.9 cm³/mol. The van der Waals surface area contributed by atoms with Crippen molar-refractivity contribution in [3.63, 3.8) is 0 Å². The summed E-state index contributed by atoms with van der Waals surface area (Å²) >= 11 is 1.86. The fourth-order valence-electron chi connectivity index (χ4n) is 0.846. The molecule has 9 heavy (non-hydrogen) atoms. The van der Waals surface area contributed by atoms with Crippen LogP contribution in [0.1, 0.15) is 26.2 Å². The average molecular weight is 148 g/mol. The SMILES string of the molecule is CCCC(CCO)SC. The third-order valence-corrected chi connectivity index (χ3v) is 2.53. The monoisotopic (exact) mass is 148 g/mol.